The van der Waals surface area contributed by atoms with Crippen molar-refractivity contribution in [3.05, 3.63) is 29.8 Å². The zero-order chi connectivity index (χ0) is 12.8. The van der Waals surface area contributed by atoms with E-state index in [4.69, 9.17) is 10.00 Å². The van der Waals surface area contributed by atoms with E-state index in [1.165, 1.54) is 19.3 Å². The summed E-state index contributed by atoms with van der Waals surface area (Å²) in [7, 11) is 0. The van der Waals surface area contributed by atoms with Crippen molar-refractivity contribution in [2.45, 2.75) is 19.3 Å². The molecule has 0 radical (unpaired) electrons. The van der Waals surface area contributed by atoms with Crippen LogP contribution >= 0.6 is 0 Å². The average molecular weight is 244 g/mol. The zero-order valence-corrected chi connectivity index (χ0v) is 10.2. The second-order valence-corrected chi connectivity index (χ2v) is 4.53. The number of hydrogen-bond acceptors (Lipinski definition) is 3. The smallest absolute Gasteiger partial charge is 0.257 e. The van der Waals surface area contributed by atoms with E-state index in [-0.39, 0.29) is 12.5 Å². The summed E-state index contributed by atoms with van der Waals surface area (Å²) in [4.78, 5) is 11.5. The number of carbonyl (C=O) groups is 1. The molecular formula is C14H16N2O2. The summed E-state index contributed by atoms with van der Waals surface area (Å²) < 4.78 is 5.33. The van der Waals surface area contributed by atoms with E-state index in [0.717, 1.165) is 6.54 Å². The molecule has 0 heterocycles. The molecule has 18 heavy (non-hydrogen) atoms. The van der Waals surface area contributed by atoms with E-state index >= 15 is 0 Å². The molecule has 2 rings (SSSR count). The lowest BCUT2D eigenvalue weighted by molar-refractivity contribution is -0.123. The molecular weight excluding hydrogens is 228 g/mol. The molecule has 0 saturated heterocycles. The van der Waals surface area contributed by atoms with Crippen LogP contribution in [0.15, 0.2) is 24.3 Å². The number of carbonyl (C=O) groups excluding carboxylic acids is 1. The van der Waals surface area contributed by atoms with Gasteiger partial charge in [-0.25, -0.2) is 0 Å². The summed E-state index contributed by atoms with van der Waals surface area (Å²) in [5.74, 6) is 1.17. The first-order chi connectivity index (χ1) is 8.78. The lowest BCUT2D eigenvalue weighted by Gasteiger charge is -2.25. The minimum Gasteiger partial charge on any atom is -0.484 e. The summed E-state index contributed by atoms with van der Waals surface area (Å²) in [6, 6.07) is 8.75. The Morgan fingerprint density at radius 3 is 2.67 bits per heavy atom. The molecule has 0 aliphatic heterocycles. The number of nitriles is 1. The van der Waals surface area contributed by atoms with Gasteiger partial charge in [0.1, 0.15) is 5.75 Å². The third-order valence-corrected chi connectivity index (χ3v) is 3.17. The number of hydrogen-bond donors (Lipinski definition) is 1. The molecule has 1 aliphatic carbocycles. The Hall–Kier alpha value is -2.02. The molecule has 1 N–H and O–H groups in total. The van der Waals surface area contributed by atoms with E-state index in [1.807, 2.05) is 6.07 Å². The molecule has 1 aromatic carbocycles. The van der Waals surface area contributed by atoms with E-state index in [9.17, 15) is 4.79 Å². The average Bonchev–Trinajstić information content (AvgIpc) is 2.35. The summed E-state index contributed by atoms with van der Waals surface area (Å²) in [5.41, 5.74) is 0.580. The number of benzene rings is 1. The van der Waals surface area contributed by atoms with Crippen molar-refractivity contribution in [2.24, 2.45) is 5.92 Å². The van der Waals surface area contributed by atoms with E-state index in [2.05, 4.69) is 5.32 Å². The predicted octanol–water partition coefficient (Wildman–Crippen LogP) is 1.85. The van der Waals surface area contributed by atoms with Gasteiger partial charge in [0.25, 0.3) is 5.91 Å². The number of amides is 1. The van der Waals surface area contributed by atoms with Gasteiger partial charge in [0.05, 0.1) is 11.6 Å². The third kappa shape index (κ3) is 3.49. The maximum Gasteiger partial charge on any atom is 0.257 e. The molecule has 4 nitrogen and oxygen atoms in total. The molecule has 0 spiro atoms. The van der Waals surface area contributed by atoms with E-state index in [1.54, 1.807) is 24.3 Å². The quantitative estimate of drug-likeness (QED) is 0.859. The lowest BCUT2D eigenvalue weighted by atomic mass is 9.85. The standard InChI is InChI=1S/C14H16N2O2/c15-8-11-4-6-13(7-5-11)18-10-14(17)16-9-12-2-1-3-12/h4-7,12H,1-3,9-10H2,(H,16,17). The topological polar surface area (TPSA) is 62.1 Å². The maximum absolute atomic E-state index is 11.5. The fourth-order valence-corrected chi connectivity index (χ4v) is 1.78. The Kier molecular flexibility index (Phi) is 4.19. The minimum atomic E-state index is -0.0914. The molecule has 1 aliphatic rings. The molecule has 0 unspecified atom stereocenters. The summed E-state index contributed by atoms with van der Waals surface area (Å²) in [6.07, 6.45) is 3.72. The molecule has 0 aromatic heterocycles. The normalized spacial score (nSPS) is 14.4. The Labute approximate surface area is 107 Å². The molecule has 1 saturated carbocycles. The lowest BCUT2D eigenvalue weighted by Crippen LogP contribution is -2.35. The van der Waals surface area contributed by atoms with Gasteiger partial charge in [0, 0.05) is 6.54 Å². The van der Waals surface area contributed by atoms with Crippen molar-refractivity contribution < 1.29 is 9.53 Å². The zero-order valence-electron chi connectivity index (χ0n) is 10.2. The van der Waals surface area contributed by atoms with Crippen LogP contribution in [0.4, 0.5) is 0 Å². The number of rotatable bonds is 5. The van der Waals surface area contributed by atoms with E-state index < -0.39 is 0 Å². The third-order valence-electron chi connectivity index (χ3n) is 3.17. The monoisotopic (exact) mass is 244 g/mol. The van der Waals surface area contributed by atoms with Gasteiger partial charge in [-0.05, 0) is 43.0 Å². The van der Waals surface area contributed by atoms with Crippen LogP contribution in [-0.2, 0) is 4.79 Å². The molecule has 4 heteroatoms. The van der Waals surface area contributed by atoms with Gasteiger partial charge in [0.2, 0.25) is 0 Å². The fraction of sp³-hybridized carbons (Fsp3) is 0.429. The highest BCUT2D eigenvalue weighted by molar-refractivity contribution is 5.77. The fourth-order valence-electron chi connectivity index (χ4n) is 1.78. The van der Waals surface area contributed by atoms with Crippen LogP contribution < -0.4 is 10.1 Å². The van der Waals surface area contributed by atoms with Gasteiger partial charge in [0.15, 0.2) is 6.61 Å². The first-order valence-electron chi connectivity index (χ1n) is 6.17. The second-order valence-electron chi connectivity index (χ2n) is 4.53. The molecule has 1 amide bonds. The molecule has 94 valence electrons. The maximum atomic E-state index is 11.5. The highest BCUT2D eigenvalue weighted by Crippen LogP contribution is 2.25. The predicted molar refractivity (Wildman–Crippen MR) is 67.0 cm³/mol. The van der Waals surface area contributed by atoms with Crippen LogP contribution in [0.5, 0.6) is 5.75 Å². The second kappa shape index (κ2) is 6.06. The van der Waals surface area contributed by atoms with Crippen molar-refractivity contribution in [3.63, 3.8) is 0 Å². The largest absolute Gasteiger partial charge is 0.484 e. The Morgan fingerprint density at radius 1 is 1.39 bits per heavy atom. The van der Waals surface area contributed by atoms with Crippen LogP contribution in [0.25, 0.3) is 0 Å². The van der Waals surface area contributed by atoms with Crippen molar-refractivity contribution in [1.82, 2.24) is 5.32 Å². The Bertz CT molecular complexity index is 444. The first-order valence-corrected chi connectivity index (χ1v) is 6.17. The minimum absolute atomic E-state index is 0.0264. The van der Waals surface area contributed by atoms with Crippen molar-refractivity contribution in [3.8, 4) is 11.8 Å². The van der Waals surface area contributed by atoms with Crippen LogP contribution in [0, 0.1) is 17.2 Å². The Balaban J connectivity index is 1.69. The van der Waals surface area contributed by atoms with Crippen LogP contribution in [-0.4, -0.2) is 19.1 Å². The summed E-state index contributed by atoms with van der Waals surface area (Å²) in [6.45, 7) is 0.786. The first kappa shape index (κ1) is 12.4. The van der Waals surface area contributed by atoms with Crippen molar-refractivity contribution in [1.29, 1.82) is 5.26 Å². The summed E-state index contributed by atoms with van der Waals surface area (Å²) in [5, 5.41) is 11.5. The van der Waals surface area contributed by atoms with Crippen LogP contribution in [0.3, 0.4) is 0 Å². The van der Waals surface area contributed by atoms with Gasteiger partial charge in [-0.2, -0.15) is 5.26 Å². The van der Waals surface area contributed by atoms with Gasteiger partial charge in [-0.3, -0.25) is 4.79 Å². The highest BCUT2D eigenvalue weighted by Gasteiger charge is 2.17. The number of nitrogens with zero attached hydrogens (tertiary/aromatic N) is 1. The molecule has 1 fully saturated rings. The van der Waals surface area contributed by atoms with Crippen LogP contribution in [0.2, 0.25) is 0 Å². The van der Waals surface area contributed by atoms with E-state index in [0.29, 0.717) is 17.2 Å². The number of ether oxygens (including phenoxy) is 1. The van der Waals surface area contributed by atoms with Crippen LogP contribution in [0.1, 0.15) is 24.8 Å². The van der Waals surface area contributed by atoms with Gasteiger partial charge >= 0.3 is 0 Å². The molecule has 0 atom stereocenters. The Morgan fingerprint density at radius 2 is 2.11 bits per heavy atom. The molecule has 0 bridgehead atoms. The number of nitrogens with one attached hydrogen (secondary N) is 1. The van der Waals surface area contributed by atoms with Crippen molar-refractivity contribution in [2.75, 3.05) is 13.2 Å². The SMILES string of the molecule is N#Cc1ccc(OCC(=O)NCC2CCC2)cc1. The van der Waals surface area contributed by atoms with Crippen molar-refractivity contribution >= 4 is 5.91 Å². The molecule has 1 aromatic rings. The highest BCUT2D eigenvalue weighted by atomic mass is 16.5. The van der Waals surface area contributed by atoms with Gasteiger partial charge in [-0.15, -0.1) is 0 Å². The van der Waals surface area contributed by atoms with Gasteiger partial charge < -0.3 is 10.1 Å². The van der Waals surface area contributed by atoms with Gasteiger partial charge in [-0.1, -0.05) is 6.42 Å². The summed E-state index contributed by atoms with van der Waals surface area (Å²) >= 11 is 0.